The van der Waals surface area contributed by atoms with Crippen LogP contribution in [0.2, 0.25) is 0 Å². The third kappa shape index (κ3) is 5.79. The highest BCUT2D eigenvalue weighted by atomic mass is 16.5. The first-order chi connectivity index (χ1) is 14.3. The van der Waals surface area contributed by atoms with E-state index < -0.39 is 0 Å². The molecular weight excluding hydrogens is 380 g/mol. The van der Waals surface area contributed by atoms with Crippen molar-refractivity contribution in [3.8, 4) is 0 Å². The molecule has 2 unspecified atom stereocenters. The van der Waals surface area contributed by atoms with Gasteiger partial charge in [-0.05, 0) is 49.7 Å². The number of hydrogen-bond donors (Lipinski definition) is 2. The van der Waals surface area contributed by atoms with Crippen molar-refractivity contribution in [1.29, 1.82) is 0 Å². The number of pyridine rings is 1. The Kier molecular flexibility index (Phi) is 7.05. The number of nitrogens with one attached hydrogen (secondary N) is 2. The Labute approximate surface area is 177 Å². The van der Waals surface area contributed by atoms with Crippen molar-refractivity contribution < 1.29 is 14.3 Å². The second-order valence-electron chi connectivity index (χ2n) is 8.09. The standard InChI is InChI=1S/C23H30N4O3/c1-15(2)22(28)26-20-8-6-19(7-9-20)23(29)25-12-18-5-10-21(24-11-18)27-13-16(3)30-17(4)14-27/h5-11,15-17H,12-14H2,1-4H3,(H,25,29)(H,26,28). The zero-order valence-electron chi connectivity index (χ0n) is 18.0. The number of rotatable bonds is 6. The molecule has 1 aliphatic heterocycles. The Hall–Kier alpha value is -2.93. The van der Waals surface area contributed by atoms with Gasteiger partial charge in [-0.3, -0.25) is 9.59 Å². The van der Waals surface area contributed by atoms with Gasteiger partial charge in [0.1, 0.15) is 5.82 Å². The molecule has 2 atom stereocenters. The van der Waals surface area contributed by atoms with E-state index in [9.17, 15) is 9.59 Å². The molecule has 3 rings (SSSR count). The molecule has 0 radical (unpaired) electrons. The van der Waals surface area contributed by atoms with Crippen molar-refractivity contribution in [1.82, 2.24) is 10.3 Å². The number of amides is 2. The monoisotopic (exact) mass is 410 g/mol. The zero-order valence-corrected chi connectivity index (χ0v) is 18.0. The Morgan fingerprint density at radius 1 is 1.10 bits per heavy atom. The maximum Gasteiger partial charge on any atom is 0.251 e. The Balaban J connectivity index is 1.52. The van der Waals surface area contributed by atoms with Crippen LogP contribution in [0.3, 0.4) is 0 Å². The molecule has 1 fully saturated rings. The SMILES string of the molecule is CC1CN(c2ccc(CNC(=O)c3ccc(NC(=O)C(C)C)cc3)cn2)CC(C)O1. The molecule has 30 heavy (non-hydrogen) atoms. The number of nitrogens with zero attached hydrogens (tertiary/aromatic N) is 2. The third-order valence-electron chi connectivity index (χ3n) is 4.94. The van der Waals surface area contributed by atoms with Crippen LogP contribution in [0.15, 0.2) is 42.6 Å². The quantitative estimate of drug-likeness (QED) is 0.764. The van der Waals surface area contributed by atoms with Gasteiger partial charge in [-0.25, -0.2) is 4.98 Å². The maximum atomic E-state index is 12.4. The van der Waals surface area contributed by atoms with Crippen LogP contribution in [-0.4, -0.2) is 42.1 Å². The molecular formula is C23H30N4O3. The van der Waals surface area contributed by atoms with Crippen molar-refractivity contribution >= 4 is 23.3 Å². The summed E-state index contributed by atoms with van der Waals surface area (Å²) in [5, 5.41) is 5.72. The third-order valence-corrected chi connectivity index (χ3v) is 4.94. The molecule has 2 amide bonds. The molecule has 2 aromatic rings. The largest absolute Gasteiger partial charge is 0.372 e. The fourth-order valence-electron chi connectivity index (χ4n) is 3.35. The van der Waals surface area contributed by atoms with Gasteiger partial charge in [0.15, 0.2) is 0 Å². The molecule has 2 N–H and O–H groups in total. The average molecular weight is 411 g/mol. The van der Waals surface area contributed by atoms with E-state index in [1.807, 2.05) is 26.0 Å². The van der Waals surface area contributed by atoms with Crippen molar-refractivity contribution in [3.05, 3.63) is 53.7 Å². The van der Waals surface area contributed by atoms with Gasteiger partial charge < -0.3 is 20.3 Å². The highest BCUT2D eigenvalue weighted by molar-refractivity contribution is 5.96. The molecule has 1 aromatic heterocycles. The fraction of sp³-hybridized carbons (Fsp3) is 0.435. The number of aromatic nitrogens is 1. The van der Waals surface area contributed by atoms with Gasteiger partial charge in [-0.1, -0.05) is 19.9 Å². The number of ether oxygens (including phenoxy) is 1. The van der Waals surface area contributed by atoms with E-state index in [1.54, 1.807) is 30.5 Å². The first kappa shape index (κ1) is 21.8. The highest BCUT2D eigenvalue weighted by Gasteiger charge is 2.23. The zero-order chi connectivity index (χ0) is 21.7. The first-order valence-corrected chi connectivity index (χ1v) is 10.4. The average Bonchev–Trinajstić information content (AvgIpc) is 2.72. The van der Waals surface area contributed by atoms with Gasteiger partial charge in [0.25, 0.3) is 5.91 Å². The van der Waals surface area contributed by atoms with Gasteiger partial charge >= 0.3 is 0 Å². The van der Waals surface area contributed by atoms with Crippen molar-refractivity contribution in [2.75, 3.05) is 23.3 Å². The number of anilines is 2. The maximum absolute atomic E-state index is 12.4. The van der Waals surface area contributed by atoms with Crippen molar-refractivity contribution in [2.45, 2.75) is 46.4 Å². The van der Waals surface area contributed by atoms with Crippen LogP contribution in [0.5, 0.6) is 0 Å². The van der Waals surface area contributed by atoms with E-state index in [1.165, 1.54) is 0 Å². The van der Waals surface area contributed by atoms with E-state index >= 15 is 0 Å². The number of benzene rings is 1. The van der Waals surface area contributed by atoms with Gasteiger partial charge in [-0.2, -0.15) is 0 Å². The molecule has 1 aromatic carbocycles. The molecule has 160 valence electrons. The topological polar surface area (TPSA) is 83.6 Å². The minimum Gasteiger partial charge on any atom is -0.372 e. The van der Waals surface area contributed by atoms with E-state index in [0.717, 1.165) is 24.5 Å². The summed E-state index contributed by atoms with van der Waals surface area (Å²) in [5.74, 6) is 0.606. The van der Waals surface area contributed by atoms with Gasteiger partial charge in [0, 0.05) is 43.0 Å². The van der Waals surface area contributed by atoms with Crippen LogP contribution < -0.4 is 15.5 Å². The lowest BCUT2D eigenvalue weighted by molar-refractivity contribution is -0.118. The van der Waals surface area contributed by atoms with Crippen LogP contribution in [0.4, 0.5) is 11.5 Å². The second-order valence-corrected chi connectivity index (χ2v) is 8.09. The summed E-state index contributed by atoms with van der Waals surface area (Å²) in [6.07, 6.45) is 2.16. The minimum atomic E-state index is -0.170. The van der Waals surface area contributed by atoms with Crippen LogP contribution in [0, 0.1) is 5.92 Å². The lowest BCUT2D eigenvalue weighted by Crippen LogP contribution is -2.45. The number of morpholine rings is 1. The molecule has 1 aliphatic rings. The molecule has 0 bridgehead atoms. The normalized spacial score (nSPS) is 18.9. The number of hydrogen-bond acceptors (Lipinski definition) is 5. The lowest BCUT2D eigenvalue weighted by Gasteiger charge is -2.36. The summed E-state index contributed by atoms with van der Waals surface area (Å²) in [7, 11) is 0. The van der Waals surface area contributed by atoms with E-state index in [2.05, 4.69) is 34.4 Å². The molecule has 7 nitrogen and oxygen atoms in total. The summed E-state index contributed by atoms with van der Waals surface area (Å²) in [6.45, 7) is 9.84. The lowest BCUT2D eigenvalue weighted by atomic mass is 10.1. The Morgan fingerprint density at radius 2 is 1.77 bits per heavy atom. The molecule has 0 saturated carbocycles. The van der Waals surface area contributed by atoms with Gasteiger partial charge in [0.05, 0.1) is 12.2 Å². The summed E-state index contributed by atoms with van der Waals surface area (Å²) in [5.41, 5.74) is 2.15. The van der Waals surface area contributed by atoms with Crippen LogP contribution in [0.25, 0.3) is 0 Å². The van der Waals surface area contributed by atoms with Gasteiger partial charge in [-0.15, -0.1) is 0 Å². The summed E-state index contributed by atoms with van der Waals surface area (Å²) < 4.78 is 5.77. The summed E-state index contributed by atoms with van der Waals surface area (Å²) >= 11 is 0. The molecule has 2 heterocycles. The van der Waals surface area contributed by atoms with Crippen molar-refractivity contribution in [3.63, 3.8) is 0 Å². The Morgan fingerprint density at radius 3 is 2.33 bits per heavy atom. The first-order valence-electron chi connectivity index (χ1n) is 10.4. The minimum absolute atomic E-state index is 0.0517. The highest BCUT2D eigenvalue weighted by Crippen LogP contribution is 2.18. The molecule has 1 saturated heterocycles. The van der Waals surface area contributed by atoms with Crippen LogP contribution in [0.1, 0.15) is 43.6 Å². The predicted octanol–water partition coefficient (Wildman–Crippen LogP) is 3.22. The predicted molar refractivity (Wildman–Crippen MR) is 118 cm³/mol. The molecule has 0 aliphatic carbocycles. The summed E-state index contributed by atoms with van der Waals surface area (Å²) in [6, 6.07) is 10.8. The fourth-order valence-corrected chi connectivity index (χ4v) is 3.35. The smallest absolute Gasteiger partial charge is 0.251 e. The van der Waals surface area contributed by atoms with E-state index in [0.29, 0.717) is 17.8 Å². The van der Waals surface area contributed by atoms with E-state index in [4.69, 9.17) is 4.74 Å². The molecule has 7 heteroatoms. The van der Waals surface area contributed by atoms with E-state index in [-0.39, 0.29) is 29.9 Å². The molecule has 0 spiro atoms. The Bertz CT molecular complexity index is 855. The summed E-state index contributed by atoms with van der Waals surface area (Å²) in [4.78, 5) is 30.9. The second kappa shape index (κ2) is 9.71. The van der Waals surface area contributed by atoms with Gasteiger partial charge in [0.2, 0.25) is 5.91 Å². The van der Waals surface area contributed by atoms with Crippen LogP contribution in [-0.2, 0) is 16.1 Å². The number of carbonyl (C=O) groups excluding carboxylic acids is 2. The number of carbonyl (C=O) groups is 2. The van der Waals surface area contributed by atoms with Crippen LogP contribution >= 0.6 is 0 Å². The van der Waals surface area contributed by atoms with Crippen molar-refractivity contribution in [2.24, 2.45) is 5.92 Å².